The van der Waals surface area contributed by atoms with Gasteiger partial charge in [0.05, 0.1) is 6.54 Å². The van der Waals surface area contributed by atoms with Crippen LogP contribution in [0.15, 0.2) is 0 Å². The van der Waals surface area contributed by atoms with Crippen LogP contribution in [0.3, 0.4) is 0 Å². The quantitative estimate of drug-likeness (QED) is 0.495. The second kappa shape index (κ2) is 10.5. The van der Waals surface area contributed by atoms with Gasteiger partial charge < -0.3 is 15.7 Å². The van der Waals surface area contributed by atoms with Gasteiger partial charge in [-0.05, 0) is 45.4 Å². The first kappa shape index (κ1) is 23.6. The lowest BCUT2D eigenvalue weighted by molar-refractivity contribution is -0.137. The highest BCUT2D eigenvalue weighted by molar-refractivity contribution is 5.81. The van der Waals surface area contributed by atoms with Gasteiger partial charge in [-0.2, -0.15) is 0 Å². The van der Waals surface area contributed by atoms with Crippen molar-refractivity contribution in [2.45, 2.75) is 79.2 Å². The van der Waals surface area contributed by atoms with Crippen LogP contribution in [0.5, 0.6) is 0 Å². The van der Waals surface area contributed by atoms with Crippen LogP contribution >= 0.6 is 0 Å². The number of aliphatic carboxylic acids is 1. The largest absolute Gasteiger partial charge is 0.481 e. The van der Waals surface area contributed by atoms with Crippen LogP contribution in [0.25, 0.3) is 0 Å². The zero-order valence-corrected chi connectivity index (χ0v) is 16.7. The summed E-state index contributed by atoms with van der Waals surface area (Å²) in [7, 11) is 0. The summed E-state index contributed by atoms with van der Waals surface area (Å²) in [6, 6.07) is 0. The summed E-state index contributed by atoms with van der Waals surface area (Å²) in [6.07, 6.45) is 1.98. The van der Waals surface area contributed by atoms with Crippen LogP contribution in [0.4, 0.5) is 0 Å². The van der Waals surface area contributed by atoms with Crippen molar-refractivity contribution in [1.82, 2.24) is 10.6 Å². The van der Waals surface area contributed by atoms with Gasteiger partial charge in [0, 0.05) is 30.8 Å². The Bertz CT molecular complexity index is 447. The lowest BCUT2D eigenvalue weighted by atomic mass is 9.82. The third-order valence-corrected chi connectivity index (χ3v) is 3.68. The Balaban J connectivity index is 4.24. The fourth-order valence-corrected chi connectivity index (χ4v) is 2.46. The van der Waals surface area contributed by atoms with Crippen molar-refractivity contribution in [3.8, 4) is 0 Å². The van der Waals surface area contributed by atoms with Gasteiger partial charge in [-0.3, -0.25) is 14.4 Å². The number of nitrogens with one attached hydrogen (secondary N) is 2. The Labute approximate surface area is 152 Å². The number of ketones is 1. The molecule has 0 aliphatic rings. The number of rotatable bonds is 11. The fourth-order valence-electron chi connectivity index (χ4n) is 2.46. The molecule has 0 aromatic carbocycles. The number of hydrogen-bond acceptors (Lipinski definition) is 4. The van der Waals surface area contributed by atoms with Gasteiger partial charge >= 0.3 is 5.97 Å². The standard InChI is InChI=1S/C19H36N2O4/c1-18(2,3)12-14(9-10-16(23)24)17(25)20-11-7-8-15(22)13-21-19(4,5)6/h14,21H,7-13H2,1-6H3,(H,20,25)(H,23,24)/t14-/m1/s1. The minimum Gasteiger partial charge on any atom is -0.481 e. The van der Waals surface area contributed by atoms with E-state index in [1.165, 1.54) is 0 Å². The van der Waals surface area contributed by atoms with Crippen molar-refractivity contribution in [3.05, 3.63) is 0 Å². The molecule has 0 saturated carbocycles. The summed E-state index contributed by atoms with van der Waals surface area (Å²) in [5.74, 6) is -1.18. The molecule has 0 aromatic heterocycles. The number of carbonyl (C=O) groups excluding carboxylic acids is 2. The summed E-state index contributed by atoms with van der Waals surface area (Å²) >= 11 is 0. The Hall–Kier alpha value is -1.43. The molecule has 1 atom stereocenters. The van der Waals surface area contributed by atoms with E-state index >= 15 is 0 Å². The van der Waals surface area contributed by atoms with E-state index in [9.17, 15) is 14.4 Å². The van der Waals surface area contributed by atoms with E-state index in [4.69, 9.17) is 5.11 Å². The van der Waals surface area contributed by atoms with Gasteiger partial charge in [-0.15, -0.1) is 0 Å². The summed E-state index contributed by atoms with van der Waals surface area (Å²) in [5, 5.41) is 14.9. The van der Waals surface area contributed by atoms with E-state index in [2.05, 4.69) is 10.6 Å². The molecule has 6 nitrogen and oxygen atoms in total. The molecule has 0 aliphatic heterocycles. The maximum Gasteiger partial charge on any atom is 0.303 e. The average Bonchev–Trinajstić information content (AvgIpc) is 2.43. The fraction of sp³-hybridized carbons (Fsp3) is 0.842. The molecule has 0 radical (unpaired) electrons. The molecule has 0 heterocycles. The SMILES string of the molecule is CC(C)(C)C[C@@H](CCC(=O)O)C(=O)NCCCC(=O)CNC(C)(C)C. The molecule has 0 bridgehead atoms. The minimum absolute atomic E-state index is 0.00880. The Morgan fingerprint density at radius 2 is 1.60 bits per heavy atom. The van der Waals surface area contributed by atoms with Crippen LogP contribution in [-0.2, 0) is 14.4 Å². The number of hydrogen-bond donors (Lipinski definition) is 3. The molecule has 0 saturated heterocycles. The van der Waals surface area contributed by atoms with Gasteiger partial charge in [0.2, 0.25) is 5.91 Å². The molecule has 0 aromatic rings. The van der Waals surface area contributed by atoms with Crippen LogP contribution in [0, 0.1) is 11.3 Å². The van der Waals surface area contributed by atoms with E-state index in [-0.39, 0.29) is 35.0 Å². The Morgan fingerprint density at radius 3 is 2.08 bits per heavy atom. The predicted molar refractivity (Wildman–Crippen MR) is 99.4 cm³/mol. The van der Waals surface area contributed by atoms with Crippen LogP contribution in [0.1, 0.15) is 73.6 Å². The van der Waals surface area contributed by atoms with Gasteiger partial charge in [0.25, 0.3) is 0 Å². The first-order valence-electron chi connectivity index (χ1n) is 9.06. The highest BCUT2D eigenvalue weighted by Crippen LogP contribution is 2.27. The number of amides is 1. The molecule has 0 fully saturated rings. The summed E-state index contributed by atoms with van der Waals surface area (Å²) in [5.41, 5.74) is -0.136. The molecule has 0 rings (SSSR count). The second-order valence-electron chi connectivity index (χ2n) is 8.93. The molecule has 146 valence electrons. The van der Waals surface area contributed by atoms with E-state index in [1.807, 2.05) is 41.5 Å². The van der Waals surface area contributed by atoms with Crippen LogP contribution < -0.4 is 10.6 Å². The third-order valence-electron chi connectivity index (χ3n) is 3.68. The second-order valence-corrected chi connectivity index (χ2v) is 8.93. The van der Waals surface area contributed by atoms with Crippen LogP contribution in [-0.4, -0.2) is 41.4 Å². The van der Waals surface area contributed by atoms with Crippen molar-refractivity contribution >= 4 is 17.7 Å². The molecule has 6 heteroatoms. The highest BCUT2D eigenvalue weighted by atomic mass is 16.4. The zero-order chi connectivity index (χ0) is 19.7. The van der Waals surface area contributed by atoms with Crippen molar-refractivity contribution in [2.24, 2.45) is 11.3 Å². The molecular formula is C19H36N2O4. The van der Waals surface area contributed by atoms with Crippen molar-refractivity contribution < 1.29 is 19.5 Å². The van der Waals surface area contributed by atoms with E-state index in [0.29, 0.717) is 38.8 Å². The molecule has 0 aliphatic carbocycles. The molecular weight excluding hydrogens is 320 g/mol. The topological polar surface area (TPSA) is 95.5 Å². The van der Waals surface area contributed by atoms with E-state index < -0.39 is 5.97 Å². The first-order valence-corrected chi connectivity index (χ1v) is 9.06. The van der Waals surface area contributed by atoms with Crippen LogP contribution in [0.2, 0.25) is 0 Å². The Morgan fingerprint density at radius 1 is 1.00 bits per heavy atom. The van der Waals surface area contributed by atoms with Crippen molar-refractivity contribution in [1.29, 1.82) is 0 Å². The van der Waals surface area contributed by atoms with E-state index in [0.717, 1.165) is 0 Å². The van der Waals surface area contributed by atoms with E-state index in [1.54, 1.807) is 0 Å². The summed E-state index contributed by atoms with van der Waals surface area (Å²) < 4.78 is 0. The molecule has 1 amide bonds. The molecule has 0 unspecified atom stereocenters. The monoisotopic (exact) mass is 356 g/mol. The Kier molecular flexibility index (Phi) is 9.93. The predicted octanol–water partition coefficient (Wildman–Crippen LogP) is 2.76. The van der Waals surface area contributed by atoms with Crippen molar-refractivity contribution in [3.63, 3.8) is 0 Å². The van der Waals surface area contributed by atoms with Gasteiger partial charge in [-0.1, -0.05) is 20.8 Å². The smallest absolute Gasteiger partial charge is 0.303 e. The molecule has 3 N–H and O–H groups in total. The number of carboxylic acids is 1. The third kappa shape index (κ3) is 14.6. The first-order chi connectivity index (χ1) is 11.3. The summed E-state index contributed by atoms with van der Waals surface area (Å²) in [4.78, 5) is 34.9. The lowest BCUT2D eigenvalue weighted by Gasteiger charge is -2.25. The maximum absolute atomic E-state index is 12.3. The molecule has 0 spiro atoms. The maximum atomic E-state index is 12.3. The summed E-state index contributed by atoms with van der Waals surface area (Å²) in [6.45, 7) is 12.9. The average molecular weight is 357 g/mol. The van der Waals surface area contributed by atoms with Gasteiger partial charge in [-0.25, -0.2) is 0 Å². The van der Waals surface area contributed by atoms with Gasteiger partial charge in [0.1, 0.15) is 5.78 Å². The molecule has 25 heavy (non-hydrogen) atoms. The zero-order valence-electron chi connectivity index (χ0n) is 16.7. The normalized spacial score (nSPS) is 13.4. The highest BCUT2D eigenvalue weighted by Gasteiger charge is 2.25. The number of carboxylic acid groups (broad SMARTS) is 1. The number of Topliss-reactive ketones (excluding diaryl/α,β-unsaturated/α-hetero) is 1. The van der Waals surface area contributed by atoms with Gasteiger partial charge in [0.15, 0.2) is 0 Å². The minimum atomic E-state index is -0.886. The number of carbonyl (C=O) groups is 3. The lowest BCUT2D eigenvalue weighted by Crippen LogP contribution is -2.39. The van der Waals surface area contributed by atoms with Crippen molar-refractivity contribution in [2.75, 3.05) is 13.1 Å².